The number of imidazole rings is 1. The van der Waals surface area contributed by atoms with E-state index in [4.69, 9.17) is 0 Å². The Morgan fingerprint density at radius 1 is 0.962 bits per heavy atom. The molecule has 0 aliphatic heterocycles. The van der Waals surface area contributed by atoms with Gasteiger partial charge in [0.15, 0.2) is 0 Å². The van der Waals surface area contributed by atoms with E-state index in [2.05, 4.69) is 9.97 Å². The molecule has 0 saturated carbocycles. The van der Waals surface area contributed by atoms with Crippen LogP contribution in [0, 0.1) is 5.82 Å². The quantitative estimate of drug-likeness (QED) is 0.450. The maximum absolute atomic E-state index is 13.4. The Hall–Kier alpha value is -2.74. The Morgan fingerprint density at radius 2 is 1.69 bits per heavy atom. The van der Waals surface area contributed by atoms with Crippen molar-refractivity contribution in [1.82, 2.24) is 14.5 Å². The van der Waals surface area contributed by atoms with E-state index in [1.54, 1.807) is 41.8 Å². The van der Waals surface area contributed by atoms with Crippen LogP contribution < -0.4 is 0 Å². The van der Waals surface area contributed by atoms with Gasteiger partial charge in [0, 0.05) is 10.9 Å². The van der Waals surface area contributed by atoms with Crippen LogP contribution in [0.2, 0.25) is 0 Å². The van der Waals surface area contributed by atoms with Crippen LogP contribution in [-0.2, 0) is 12.7 Å². The summed E-state index contributed by atoms with van der Waals surface area (Å²) in [6, 6.07) is 12.3. The summed E-state index contributed by atoms with van der Waals surface area (Å²) in [7, 11) is 0. The van der Waals surface area contributed by atoms with Crippen LogP contribution in [0.5, 0.6) is 0 Å². The van der Waals surface area contributed by atoms with E-state index in [0.717, 1.165) is 4.57 Å². The first kappa shape index (κ1) is 16.7. The van der Waals surface area contributed by atoms with E-state index in [1.165, 1.54) is 23.5 Å². The Kier molecular flexibility index (Phi) is 3.99. The van der Waals surface area contributed by atoms with Crippen LogP contribution >= 0.6 is 11.3 Å². The van der Waals surface area contributed by atoms with Gasteiger partial charge in [-0.2, -0.15) is 13.2 Å². The molecule has 0 atom stereocenters. The van der Waals surface area contributed by atoms with Gasteiger partial charge in [-0.05, 0) is 36.4 Å². The Balaban J connectivity index is 1.73. The number of halogens is 4. The Morgan fingerprint density at radius 3 is 2.42 bits per heavy atom. The van der Waals surface area contributed by atoms with Gasteiger partial charge >= 0.3 is 6.18 Å². The highest BCUT2D eigenvalue weighted by atomic mass is 32.1. The van der Waals surface area contributed by atoms with Gasteiger partial charge in [-0.1, -0.05) is 12.1 Å². The molecule has 8 heteroatoms. The predicted molar refractivity (Wildman–Crippen MR) is 91.3 cm³/mol. The molecule has 0 unspecified atom stereocenters. The summed E-state index contributed by atoms with van der Waals surface area (Å²) < 4.78 is 54.2. The van der Waals surface area contributed by atoms with Gasteiger partial charge < -0.3 is 4.57 Å². The molecule has 132 valence electrons. The summed E-state index contributed by atoms with van der Waals surface area (Å²) in [5.74, 6) is -1.31. The number of aromatic nitrogens is 3. The van der Waals surface area contributed by atoms with Crippen LogP contribution in [0.25, 0.3) is 21.6 Å². The number of nitrogens with zero attached hydrogens (tertiary/aromatic N) is 3. The highest BCUT2D eigenvalue weighted by molar-refractivity contribution is 7.13. The summed E-state index contributed by atoms with van der Waals surface area (Å²) in [6.45, 7) is -0.0486. The van der Waals surface area contributed by atoms with Crippen LogP contribution in [0.15, 0.2) is 53.9 Å². The van der Waals surface area contributed by atoms with Gasteiger partial charge in [0.05, 0.1) is 23.3 Å². The zero-order valence-corrected chi connectivity index (χ0v) is 14.0. The minimum Gasteiger partial charge on any atom is -0.314 e. The molecule has 0 aliphatic rings. The van der Waals surface area contributed by atoms with Crippen molar-refractivity contribution in [2.45, 2.75) is 12.7 Å². The lowest BCUT2D eigenvalue weighted by Gasteiger charge is -2.10. The first-order chi connectivity index (χ1) is 12.4. The SMILES string of the molecule is Fc1ccc(-c2nc(Cn3c(C(F)(F)F)nc4ccccc43)cs2)cc1. The van der Waals surface area contributed by atoms with Gasteiger partial charge in [-0.3, -0.25) is 0 Å². The minimum absolute atomic E-state index is 0.0486. The molecule has 0 amide bonds. The van der Waals surface area contributed by atoms with Crippen LogP contribution in [0.4, 0.5) is 17.6 Å². The minimum atomic E-state index is -4.56. The number of hydrogen-bond acceptors (Lipinski definition) is 3. The van der Waals surface area contributed by atoms with Crippen molar-refractivity contribution < 1.29 is 17.6 Å². The molecule has 0 fully saturated rings. The molecule has 4 rings (SSSR count). The normalized spacial score (nSPS) is 12.0. The third-order valence-corrected chi connectivity index (χ3v) is 4.81. The summed E-state index contributed by atoms with van der Waals surface area (Å²) in [5.41, 5.74) is 1.89. The number of rotatable bonds is 3. The molecule has 3 nitrogen and oxygen atoms in total. The lowest BCUT2D eigenvalue weighted by atomic mass is 10.2. The van der Waals surface area contributed by atoms with E-state index in [1.807, 2.05) is 0 Å². The van der Waals surface area contributed by atoms with Crippen molar-refractivity contribution >= 4 is 22.4 Å². The fraction of sp³-hybridized carbons (Fsp3) is 0.111. The number of benzene rings is 2. The van der Waals surface area contributed by atoms with Crippen molar-refractivity contribution in [3.8, 4) is 10.6 Å². The molecular formula is C18H11F4N3S. The lowest BCUT2D eigenvalue weighted by molar-refractivity contribution is -0.146. The van der Waals surface area contributed by atoms with Crippen molar-refractivity contribution in [1.29, 1.82) is 0 Å². The van der Waals surface area contributed by atoms with Gasteiger partial charge in [0.25, 0.3) is 0 Å². The molecule has 0 bridgehead atoms. The van der Waals surface area contributed by atoms with Crippen molar-refractivity contribution in [2.24, 2.45) is 0 Å². The van der Waals surface area contributed by atoms with Crippen LogP contribution in [0.1, 0.15) is 11.5 Å². The van der Waals surface area contributed by atoms with Crippen LogP contribution in [-0.4, -0.2) is 14.5 Å². The fourth-order valence-electron chi connectivity index (χ4n) is 2.72. The average Bonchev–Trinajstić information content (AvgIpc) is 3.21. The molecular weight excluding hydrogens is 366 g/mol. The number of alkyl halides is 3. The molecule has 4 aromatic rings. The largest absolute Gasteiger partial charge is 0.449 e. The van der Waals surface area contributed by atoms with Crippen molar-refractivity contribution in [2.75, 3.05) is 0 Å². The zero-order valence-electron chi connectivity index (χ0n) is 13.2. The number of para-hydroxylation sites is 2. The molecule has 2 heterocycles. The van der Waals surface area contributed by atoms with Crippen molar-refractivity contribution in [3.63, 3.8) is 0 Å². The molecule has 26 heavy (non-hydrogen) atoms. The first-order valence-electron chi connectivity index (χ1n) is 7.64. The molecule has 0 spiro atoms. The van der Waals surface area contributed by atoms with E-state index in [9.17, 15) is 17.6 Å². The molecule has 2 aromatic carbocycles. The van der Waals surface area contributed by atoms with Crippen LogP contribution in [0.3, 0.4) is 0 Å². The fourth-order valence-corrected chi connectivity index (χ4v) is 3.54. The van der Waals surface area contributed by atoms with E-state index >= 15 is 0 Å². The zero-order chi connectivity index (χ0) is 18.3. The van der Waals surface area contributed by atoms with Gasteiger partial charge in [-0.25, -0.2) is 14.4 Å². The summed E-state index contributed by atoms with van der Waals surface area (Å²) in [6.07, 6.45) is -4.56. The summed E-state index contributed by atoms with van der Waals surface area (Å²) in [5, 5.41) is 2.33. The third kappa shape index (κ3) is 3.08. The van der Waals surface area contributed by atoms with Crippen molar-refractivity contribution in [3.05, 3.63) is 71.2 Å². The number of thiazole rings is 1. The summed E-state index contributed by atoms with van der Waals surface area (Å²) in [4.78, 5) is 8.12. The molecule has 0 aliphatic carbocycles. The highest BCUT2D eigenvalue weighted by Gasteiger charge is 2.37. The lowest BCUT2D eigenvalue weighted by Crippen LogP contribution is -2.15. The second-order valence-corrected chi connectivity index (χ2v) is 6.52. The maximum Gasteiger partial charge on any atom is 0.449 e. The molecule has 0 N–H and O–H groups in total. The smallest absolute Gasteiger partial charge is 0.314 e. The molecule has 0 saturated heterocycles. The summed E-state index contributed by atoms with van der Waals surface area (Å²) >= 11 is 1.30. The van der Waals surface area contributed by atoms with E-state index < -0.39 is 12.0 Å². The average molecular weight is 377 g/mol. The molecule has 2 aromatic heterocycles. The first-order valence-corrected chi connectivity index (χ1v) is 8.52. The van der Waals surface area contributed by atoms with E-state index in [-0.39, 0.29) is 17.9 Å². The maximum atomic E-state index is 13.4. The molecule has 0 radical (unpaired) electrons. The Bertz CT molecular complexity index is 1060. The second-order valence-electron chi connectivity index (χ2n) is 5.66. The highest BCUT2D eigenvalue weighted by Crippen LogP contribution is 2.32. The predicted octanol–water partition coefficient (Wildman–Crippen LogP) is 5.37. The second kappa shape index (κ2) is 6.21. The van der Waals surface area contributed by atoms with Gasteiger partial charge in [0.2, 0.25) is 5.82 Å². The Labute approximate surface area is 149 Å². The standard InChI is InChI=1S/C18H11F4N3S/c19-12-7-5-11(6-8-12)16-23-13(10-26-16)9-25-15-4-2-1-3-14(15)24-17(25)18(20,21)22/h1-8,10H,9H2. The monoisotopic (exact) mass is 377 g/mol. The van der Waals surface area contributed by atoms with E-state index in [0.29, 0.717) is 21.8 Å². The topological polar surface area (TPSA) is 30.7 Å². The van der Waals surface area contributed by atoms with Gasteiger partial charge in [0.1, 0.15) is 10.8 Å². The van der Waals surface area contributed by atoms with Gasteiger partial charge in [-0.15, -0.1) is 11.3 Å². The number of fused-ring (bicyclic) bond motifs is 1. The number of hydrogen-bond donors (Lipinski definition) is 0. The third-order valence-electron chi connectivity index (χ3n) is 3.87.